The van der Waals surface area contributed by atoms with Crippen LogP contribution in [0, 0.1) is 0 Å². The number of benzene rings is 1. The van der Waals surface area contributed by atoms with E-state index in [0.29, 0.717) is 11.3 Å². The van der Waals surface area contributed by atoms with Gasteiger partial charge in [0, 0.05) is 11.8 Å². The Morgan fingerprint density at radius 3 is 2.61 bits per heavy atom. The molecule has 18 heavy (non-hydrogen) atoms. The van der Waals surface area contributed by atoms with Crippen molar-refractivity contribution >= 4 is 11.6 Å². The van der Waals surface area contributed by atoms with E-state index in [2.05, 4.69) is 10.1 Å². The van der Waals surface area contributed by atoms with Crippen molar-refractivity contribution in [3.63, 3.8) is 0 Å². The molecule has 0 amide bonds. The van der Waals surface area contributed by atoms with Gasteiger partial charge in [0.25, 0.3) is 0 Å². The Hall–Kier alpha value is -2.69. The van der Waals surface area contributed by atoms with Gasteiger partial charge < -0.3 is 5.11 Å². The summed E-state index contributed by atoms with van der Waals surface area (Å²) >= 11 is 0. The fourth-order valence-corrected chi connectivity index (χ4v) is 1.88. The third-order valence-electron chi connectivity index (χ3n) is 2.64. The molecule has 0 saturated heterocycles. The van der Waals surface area contributed by atoms with Crippen molar-refractivity contribution in [3.8, 4) is 11.3 Å². The van der Waals surface area contributed by atoms with Crippen LogP contribution in [0.25, 0.3) is 16.9 Å². The van der Waals surface area contributed by atoms with Crippen LogP contribution < -0.4 is 0 Å². The minimum atomic E-state index is -1.04. The van der Waals surface area contributed by atoms with E-state index in [0.717, 1.165) is 5.56 Å². The van der Waals surface area contributed by atoms with E-state index >= 15 is 0 Å². The number of carboxylic acids is 1. The van der Waals surface area contributed by atoms with Gasteiger partial charge in [0.1, 0.15) is 5.69 Å². The van der Waals surface area contributed by atoms with Gasteiger partial charge in [-0.25, -0.2) is 14.3 Å². The molecule has 0 fully saturated rings. The van der Waals surface area contributed by atoms with Crippen LogP contribution in [-0.2, 0) is 0 Å². The Balaban J connectivity index is 2.36. The third kappa shape index (κ3) is 1.53. The van der Waals surface area contributed by atoms with Crippen molar-refractivity contribution in [1.82, 2.24) is 14.6 Å². The molecule has 0 aliphatic heterocycles. The van der Waals surface area contributed by atoms with Crippen molar-refractivity contribution in [3.05, 3.63) is 54.4 Å². The highest BCUT2D eigenvalue weighted by Gasteiger charge is 2.20. The summed E-state index contributed by atoms with van der Waals surface area (Å²) in [6.45, 7) is 0. The van der Waals surface area contributed by atoms with Crippen molar-refractivity contribution in [1.29, 1.82) is 0 Å². The predicted octanol–water partition coefficient (Wildman–Crippen LogP) is 2.09. The molecule has 1 N–H and O–H groups in total. The summed E-state index contributed by atoms with van der Waals surface area (Å²) in [5, 5.41) is 13.3. The summed E-state index contributed by atoms with van der Waals surface area (Å²) in [4.78, 5) is 15.7. The molecule has 0 aliphatic rings. The van der Waals surface area contributed by atoms with Crippen molar-refractivity contribution in [2.75, 3.05) is 0 Å². The van der Waals surface area contributed by atoms with Crippen LogP contribution in [-0.4, -0.2) is 25.7 Å². The number of carbonyl (C=O) groups is 1. The molecule has 0 saturated carbocycles. The maximum Gasteiger partial charge on any atom is 0.356 e. The lowest BCUT2D eigenvalue weighted by Crippen LogP contribution is -2.05. The predicted molar refractivity (Wildman–Crippen MR) is 65.4 cm³/mol. The van der Waals surface area contributed by atoms with E-state index in [1.165, 1.54) is 10.7 Å². The van der Waals surface area contributed by atoms with Crippen molar-refractivity contribution < 1.29 is 9.90 Å². The topological polar surface area (TPSA) is 67.5 Å². The minimum Gasteiger partial charge on any atom is -0.476 e. The van der Waals surface area contributed by atoms with E-state index < -0.39 is 5.97 Å². The second-order valence-corrected chi connectivity index (χ2v) is 3.77. The lowest BCUT2D eigenvalue weighted by Gasteiger charge is -1.98. The third-order valence-corrected chi connectivity index (χ3v) is 2.64. The smallest absolute Gasteiger partial charge is 0.356 e. The summed E-state index contributed by atoms with van der Waals surface area (Å²) in [5.41, 5.74) is 1.80. The molecular weight excluding hydrogens is 230 g/mol. The Kier molecular flexibility index (Phi) is 2.30. The van der Waals surface area contributed by atoms with Gasteiger partial charge in [-0.15, -0.1) is 0 Å². The molecule has 3 aromatic rings. The molecule has 1 aromatic carbocycles. The van der Waals surface area contributed by atoms with Gasteiger partial charge in [0.2, 0.25) is 0 Å². The number of aromatic carboxylic acids is 1. The zero-order chi connectivity index (χ0) is 12.5. The Morgan fingerprint density at radius 1 is 1.11 bits per heavy atom. The molecule has 5 heteroatoms. The maximum absolute atomic E-state index is 11.4. The average molecular weight is 239 g/mol. The largest absolute Gasteiger partial charge is 0.476 e. The molecule has 0 atom stereocenters. The molecule has 2 aromatic heterocycles. The van der Waals surface area contributed by atoms with Crippen molar-refractivity contribution in [2.24, 2.45) is 0 Å². The molecule has 3 rings (SSSR count). The monoisotopic (exact) mass is 239 g/mol. The lowest BCUT2D eigenvalue weighted by atomic mass is 10.1. The standard InChI is InChI=1S/C13H9N3O2/c17-13(18)12-11(9-5-2-1-3-6-9)15-10-7-4-8-14-16(10)12/h1-8H,(H,17,18). The van der Waals surface area contributed by atoms with E-state index in [-0.39, 0.29) is 5.69 Å². The Labute approximate surface area is 102 Å². The zero-order valence-corrected chi connectivity index (χ0v) is 9.32. The van der Waals surface area contributed by atoms with Crippen LogP contribution in [0.3, 0.4) is 0 Å². The normalized spacial score (nSPS) is 10.7. The van der Waals surface area contributed by atoms with Crippen LogP contribution in [0.5, 0.6) is 0 Å². The van der Waals surface area contributed by atoms with Crippen molar-refractivity contribution in [2.45, 2.75) is 0 Å². The van der Waals surface area contributed by atoms with Crippen LogP contribution in [0.2, 0.25) is 0 Å². The first-order valence-electron chi connectivity index (χ1n) is 5.40. The Morgan fingerprint density at radius 2 is 1.89 bits per heavy atom. The number of aromatic nitrogens is 3. The highest BCUT2D eigenvalue weighted by Crippen LogP contribution is 2.23. The summed E-state index contributed by atoms with van der Waals surface area (Å²) < 4.78 is 1.34. The number of nitrogens with zero attached hydrogens (tertiary/aromatic N) is 3. The van der Waals surface area contributed by atoms with E-state index in [4.69, 9.17) is 0 Å². The number of imidazole rings is 1. The van der Waals surface area contributed by atoms with E-state index in [1.54, 1.807) is 12.1 Å². The highest BCUT2D eigenvalue weighted by atomic mass is 16.4. The summed E-state index contributed by atoms with van der Waals surface area (Å²) in [6.07, 6.45) is 1.54. The zero-order valence-electron chi connectivity index (χ0n) is 9.32. The number of carboxylic acid groups (broad SMARTS) is 1. The molecule has 0 unspecified atom stereocenters. The average Bonchev–Trinajstić information content (AvgIpc) is 2.79. The summed E-state index contributed by atoms with van der Waals surface area (Å²) in [6, 6.07) is 12.7. The fraction of sp³-hybridized carbons (Fsp3) is 0. The molecule has 5 nitrogen and oxygen atoms in total. The Bertz CT molecular complexity index is 719. The van der Waals surface area contributed by atoms with Crippen LogP contribution in [0.4, 0.5) is 0 Å². The van der Waals surface area contributed by atoms with Gasteiger partial charge in [0.05, 0.1) is 0 Å². The fourth-order valence-electron chi connectivity index (χ4n) is 1.88. The van der Waals surface area contributed by atoms with Gasteiger partial charge in [0.15, 0.2) is 11.3 Å². The molecule has 0 spiro atoms. The van der Waals surface area contributed by atoms with Gasteiger partial charge in [-0.1, -0.05) is 30.3 Å². The minimum absolute atomic E-state index is 0.0804. The van der Waals surface area contributed by atoms with E-state index in [1.807, 2.05) is 30.3 Å². The molecule has 0 radical (unpaired) electrons. The molecule has 0 bridgehead atoms. The second kappa shape index (κ2) is 3.96. The first kappa shape index (κ1) is 10.5. The SMILES string of the molecule is O=C(O)c1c(-c2ccccc2)nc2cccnn12. The van der Waals surface area contributed by atoms with Gasteiger partial charge in [-0.05, 0) is 12.1 Å². The van der Waals surface area contributed by atoms with Crippen LogP contribution >= 0.6 is 0 Å². The summed E-state index contributed by atoms with van der Waals surface area (Å²) in [5.74, 6) is -1.04. The van der Waals surface area contributed by atoms with Gasteiger partial charge in [-0.3, -0.25) is 0 Å². The summed E-state index contributed by atoms with van der Waals surface area (Å²) in [7, 11) is 0. The number of hydrogen-bond acceptors (Lipinski definition) is 3. The molecule has 88 valence electrons. The van der Waals surface area contributed by atoms with Gasteiger partial charge in [-0.2, -0.15) is 5.10 Å². The lowest BCUT2D eigenvalue weighted by molar-refractivity contribution is 0.0689. The quantitative estimate of drug-likeness (QED) is 0.743. The number of rotatable bonds is 2. The number of fused-ring (bicyclic) bond motifs is 1. The van der Waals surface area contributed by atoms with Crippen LogP contribution in [0.15, 0.2) is 48.7 Å². The number of hydrogen-bond donors (Lipinski definition) is 1. The highest BCUT2D eigenvalue weighted by molar-refractivity contribution is 5.94. The van der Waals surface area contributed by atoms with E-state index in [9.17, 15) is 9.90 Å². The molecule has 2 heterocycles. The first-order valence-corrected chi connectivity index (χ1v) is 5.40. The molecule has 0 aliphatic carbocycles. The van der Waals surface area contributed by atoms with Crippen LogP contribution in [0.1, 0.15) is 10.5 Å². The maximum atomic E-state index is 11.4. The van der Waals surface area contributed by atoms with Gasteiger partial charge >= 0.3 is 5.97 Å². The first-order chi connectivity index (χ1) is 8.77. The molecular formula is C13H9N3O2. The second-order valence-electron chi connectivity index (χ2n) is 3.77.